The molecule has 0 bridgehead atoms. The van der Waals surface area contributed by atoms with Crippen molar-refractivity contribution in [2.45, 2.75) is 18.9 Å². The summed E-state index contributed by atoms with van der Waals surface area (Å²) >= 11 is 0. The van der Waals surface area contributed by atoms with Crippen molar-refractivity contribution in [2.24, 2.45) is 0 Å². The Morgan fingerprint density at radius 2 is 1.56 bits per heavy atom. The van der Waals surface area contributed by atoms with Crippen molar-refractivity contribution in [2.75, 3.05) is 6.54 Å². The van der Waals surface area contributed by atoms with Crippen LogP contribution in [0.5, 0.6) is 5.75 Å². The van der Waals surface area contributed by atoms with Gasteiger partial charge in [0.15, 0.2) is 17.4 Å². The Kier molecular flexibility index (Phi) is 2.75. The smallest absolute Gasteiger partial charge is 0.204 e. The second kappa shape index (κ2) is 3.93. The fourth-order valence-electron chi connectivity index (χ4n) is 1.87. The number of halogens is 4. The molecule has 1 fully saturated rings. The first-order chi connectivity index (χ1) is 7.54. The van der Waals surface area contributed by atoms with E-state index in [1.54, 1.807) is 0 Å². The van der Waals surface area contributed by atoms with Crippen LogP contribution >= 0.6 is 0 Å². The highest BCUT2D eigenvalue weighted by Crippen LogP contribution is 2.34. The molecule has 1 aromatic carbocycles. The molecule has 0 amide bonds. The Hall–Kier alpha value is -1.30. The van der Waals surface area contributed by atoms with Gasteiger partial charge < -0.3 is 10.4 Å². The van der Waals surface area contributed by atoms with E-state index in [0.717, 1.165) is 0 Å². The number of benzene rings is 1. The van der Waals surface area contributed by atoms with Crippen LogP contribution in [0, 0.1) is 23.3 Å². The highest BCUT2D eigenvalue weighted by molar-refractivity contribution is 5.35. The second-order valence-electron chi connectivity index (χ2n) is 3.67. The molecule has 2 rings (SSSR count). The Bertz CT molecular complexity index is 400. The van der Waals surface area contributed by atoms with Crippen LogP contribution in [0.2, 0.25) is 0 Å². The van der Waals surface area contributed by atoms with E-state index in [4.69, 9.17) is 5.11 Å². The Balaban J connectivity index is 2.59. The lowest BCUT2D eigenvalue weighted by molar-refractivity contribution is 0.345. The molecule has 1 aliphatic heterocycles. The van der Waals surface area contributed by atoms with Crippen molar-refractivity contribution >= 4 is 0 Å². The summed E-state index contributed by atoms with van der Waals surface area (Å²) in [5, 5.41) is 11.5. The summed E-state index contributed by atoms with van der Waals surface area (Å²) in [6.45, 7) is 0.535. The van der Waals surface area contributed by atoms with Crippen molar-refractivity contribution in [3.8, 4) is 5.75 Å². The number of nitrogens with one attached hydrogen (secondary N) is 1. The Morgan fingerprint density at radius 1 is 1.00 bits per heavy atom. The van der Waals surface area contributed by atoms with Crippen molar-refractivity contribution < 1.29 is 22.7 Å². The Labute approximate surface area is 88.9 Å². The lowest BCUT2D eigenvalue weighted by atomic mass is 10.0. The molecule has 0 aliphatic carbocycles. The molecule has 88 valence electrons. The van der Waals surface area contributed by atoms with Gasteiger partial charge in [-0.2, -0.15) is 8.78 Å². The molecule has 0 aromatic heterocycles. The van der Waals surface area contributed by atoms with Crippen LogP contribution in [-0.2, 0) is 0 Å². The van der Waals surface area contributed by atoms with Crippen molar-refractivity contribution in [3.63, 3.8) is 0 Å². The molecule has 16 heavy (non-hydrogen) atoms. The van der Waals surface area contributed by atoms with Crippen LogP contribution in [0.25, 0.3) is 0 Å². The molecule has 6 heteroatoms. The van der Waals surface area contributed by atoms with E-state index < -0.39 is 40.6 Å². The average Bonchev–Trinajstić information content (AvgIpc) is 2.77. The molecular weight excluding hydrogens is 226 g/mol. The summed E-state index contributed by atoms with van der Waals surface area (Å²) in [4.78, 5) is 0. The third kappa shape index (κ3) is 1.53. The number of hydrogen-bond acceptors (Lipinski definition) is 2. The maximum atomic E-state index is 13.4. The summed E-state index contributed by atoms with van der Waals surface area (Å²) in [6.07, 6.45) is 1.07. The summed E-state index contributed by atoms with van der Waals surface area (Å²) in [5.74, 6) is -8.17. The third-order valence-corrected chi connectivity index (χ3v) is 2.68. The first-order valence-corrected chi connectivity index (χ1v) is 4.82. The van der Waals surface area contributed by atoms with Gasteiger partial charge in [0.05, 0.1) is 0 Å². The van der Waals surface area contributed by atoms with Gasteiger partial charge in [-0.3, -0.25) is 0 Å². The monoisotopic (exact) mass is 235 g/mol. The molecule has 1 aliphatic rings. The average molecular weight is 235 g/mol. The van der Waals surface area contributed by atoms with E-state index in [9.17, 15) is 17.6 Å². The predicted octanol–water partition coefficient (Wildman–Crippen LogP) is 2.37. The summed E-state index contributed by atoms with van der Waals surface area (Å²) in [7, 11) is 0. The standard InChI is InChI=1S/C10H9F4NO/c11-6-5(4-2-1-3-15-4)7(12)9(14)10(16)8(6)13/h4,15-16H,1-3H2/t4-/m1/s1. The SMILES string of the molecule is Oc1c(F)c(F)c([C@H]2CCCN2)c(F)c1F. The fourth-order valence-corrected chi connectivity index (χ4v) is 1.87. The molecule has 0 spiro atoms. The zero-order valence-electron chi connectivity index (χ0n) is 8.16. The van der Waals surface area contributed by atoms with E-state index in [1.165, 1.54) is 0 Å². The van der Waals surface area contributed by atoms with Gasteiger partial charge in [0.1, 0.15) is 0 Å². The lowest BCUT2D eigenvalue weighted by Gasteiger charge is -2.14. The predicted molar refractivity (Wildman–Crippen MR) is 47.9 cm³/mol. The van der Waals surface area contributed by atoms with Crippen LogP contribution < -0.4 is 5.32 Å². The van der Waals surface area contributed by atoms with Gasteiger partial charge in [-0.25, -0.2) is 8.78 Å². The maximum Gasteiger partial charge on any atom is 0.204 e. The molecule has 1 aromatic rings. The van der Waals surface area contributed by atoms with E-state index in [-0.39, 0.29) is 0 Å². The number of hydrogen-bond donors (Lipinski definition) is 2. The van der Waals surface area contributed by atoms with Crippen LogP contribution in [0.4, 0.5) is 17.6 Å². The maximum absolute atomic E-state index is 13.4. The molecule has 0 saturated carbocycles. The van der Waals surface area contributed by atoms with E-state index in [0.29, 0.717) is 19.4 Å². The van der Waals surface area contributed by atoms with Crippen molar-refractivity contribution in [3.05, 3.63) is 28.8 Å². The zero-order valence-corrected chi connectivity index (χ0v) is 8.16. The molecule has 2 N–H and O–H groups in total. The number of aromatic hydroxyl groups is 1. The summed E-state index contributed by atoms with van der Waals surface area (Å²) in [5.41, 5.74) is -0.676. The van der Waals surface area contributed by atoms with Crippen LogP contribution in [0.15, 0.2) is 0 Å². The third-order valence-electron chi connectivity index (χ3n) is 2.68. The minimum atomic E-state index is -1.75. The quantitative estimate of drug-likeness (QED) is 0.578. The lowest BCUT2D eigenvalue weighted by Crippen LogP contribution is -2.18. The van der Waals surface area contributed by atoms with Crippen molar-refractivity contribution in [1.29, 1.82) is 0 Å². The summed E-state index contributed by atoms with van der Waals surface area (Å²) in [6, 6.07) is -0.746. The molecule has 1 atom stereocenters. The zero-order chi connectivity index (χ0) is 11.9. The normalized spacial score (nSPS) is 20.4. The van der Waals surface area contributed by atoms with Gasteiger partial charge in [0.25, 0.3) is 0 Å². The highest BCUT2D eigenvalue weighted by Gasteiger charge is 2.31. The van der Waals surface area contributed by atoms with Crippen LogP contribution in [0.3, 0.4) is 0 Å². The van der Waals surface area contributed by atoms with E-state index in [1.807, 2.05) is 0 Å². The molecule has 0 radical (unpaired) electrons. The number of phenolic OH excluding ortho intramolecular Hbond substituents is 1. The molecule has 1 saturated heterocycles. The minimum absolute atomic E-state index is 0.400. The number of phenols is 1. The van der Waals surface area contributed by atoms with Gasteiger partial charge >= 0.3 is 0 Å². The first kappa shape index (κ1) is 11.2. The van der Waals surface area contributed by atoms with Gasteiger partial charge in [-0.05, 0) is 19.4 Å². The summed E-state index contributed by atoms with van der Waals surface area (Å²) < 4.78 is 52.8. The number of rotatable bonds is 1. The molecule has 1 heterocycles. The van der Waals surface area contributed by atoms with Gasteiger partial charge in [0, 0.05) is 11.6 Å². The van der Waals surface area contributed by atoms with Gasteiger partial charge in [-0.15, -0.1) is 0 Å². The fraction of sp³-hybridized carbons (Fsp3) is 0.400. The van der Waals surface area contributed by atoms with Crippen LogP contribution in [0.1, 0.15) is 24.4 Å². The topological polar surface area (TPSA) is 32.3 Å². The Morgan fingerprint density at radius 3 is 2.00 bits per heavy atom. The van der Waals surface area contributed by atoms with Gasteiger partial charge in [0.2, 0.25) is 11.6 Å². The van der Waals surface area contributed by atoms with Crippen molar-refractivity contribution in [1.82, 2.24) is 5.32 Å². The highest BCUT2D eigenvalue weighted by atomic mass is 19.2. The molecule has 2 nitrogen and oxygen atoms in total. The van der Waals surface area contributed by atoms with E-state index in [2.05, 4.69) is 5.32 Å². The van der Waals surface area contributed by atoms with Gasteiger partial charge in [-0.1, -0.05) is 0 Å². The van der Waals surface area contributed by atoms with Crippen LogP contribution in [-0.4, -0.2) is 11.7 Å². The molecule has 0 unspecified atom stereocenters. The second-order valence-corrected chi connectivity index (χ2v) is 3.67. The van der Waals surface area contributed by atoms with E-state index >= 15 is 0 Å². The molecular formula is C10H9F4NO. The minimum Gasteiger partial charge on any atom is -0.503 e. The largest absolute Gasteiger partial charge is 0.503 e. The first-order valence-electron chi connectivity index (χ1n) is 4.82.